The van der Waals surface area contributed by atoms with E-state index in [0.29, 0.717) is 16.8 Å². The van der Waals surface area contributed by atoms with E-state index < -0.39 is 20.9 Å². The Labute approximate surface area is 188 Å². The Bertz CT molecular complexity index is 1380. The fourth-order valence-corrected chi connectivity index (χ4v) is 3.63. The standard InChI is InChI=1S/C22H16N4O6S/c27-22-21(23-14-15-6-12-19(13-7-15)33(30,31)32)20(16-8-10-18(11-9-16)26(28)29)24-25(22)17-4-2-1-3-5-17/h1-13H,14H2,(H,30,31,32). The topological polar surface area (TPSA) is 143 Å². The minimum atomic E-state index is -4.32. The molecular formula is C22H16N4O6S. The maximum atomic E-state index is 13.1. The van der Waals surface area contributed by atoms with Crippen LogP contribution < -0.4 is 5.01 Å². The van der Waals surface area contributed by atoms with E-state index in [9.17, 15) is 23.3 Å². The van der Waals surface area contributed by atoms with Crippen LogP contribution in [0.3, 0.4) is 0 Å². The van der Waals surface area contributed by atoms with Gasteiger partial charge in [0.05, 0.1) is 22.1 Å². The van der Waals surface area contributed by atoms with Gasteiger partial charge in [-0.05, 0) is 42.0 Å². The number of benzene rings is 3. The zero-order valence-corrected chi connectivity index (χ0v) is 17.7. The van der Waals surface area contributed by atoms with Crippen molar-refractivity contribution in [3.63, 3.8) is 0 Å². The number of hydrogen-bond acceptors (Lipinski definition) is 7. The molecule has 0 atom stereocenters. The van der Waals surface area contributed by atoms with E-state index in [1.54, 1.807) is 30.3 Å². The van der Waals surface area contributed by atoms with Gasteiger partial charge in [-0.25, -0.2) is 0 Å². The lowest BCUT2D eigenvalue weighted by Crippen LogP contribution is -2.28. The third-order valence-corrected chi connectivity index (χ3v) is 5.68. The molecule has 1 heterocycles. The number of para-hydroxylation sites is 1. The first-order chi connectivity index (χ1) is 15.7. The maximum Gasteiger partial charge on any atom is 0.299 e. The molecule has 1 N–H and O–H groups in total. The number of hydrazone groups is 1. The van der Waals surface area contributed by atoms with Gasteiger partial charge in [-0.15, -0.1) is 0 Å². The highest BCUT2D eigenvalue weighted by Crippen LogP contribution is 2.23. The summed E-state index contributed by atoms with van der Waals surface area (Å²) < 4.78 is 31.5. The number of nitro benzene ring substituents is 1. The summed E-state index contributed by atoms with van der Waals surface area (Å²) in [5.74, 6) is -0.468. The van der Waals surface area contributed by atoms with E-state index in [2.05, 4.69) is 10.1 Å². The molecule has 1 amide bonds. The third-order valence-electron chi connectivity index (χ3n) is 4.81. The number of nitro groups is 1. The van der Waals surface area contributed by atoms with E-state index in [1.807, 2.05) is 0 Å². The number of carbonyl (C=O) groups excluding carboxylic acids is 1. The molecule has 33 heavy (non-hydrogen) atoms. The Kier molecular flexibility index (Phi) is 5.82. The quantitative estimate of drug-likeness (QED) is 0.337. The van der Waals surface area contributed by atoms with E-state index >= 15 is 0 Å². The number of hydrogen-bond donors (Lipinski definition) is 1. The maximum absolute atomic E-state index is 13.1. The predicted molar refractivity (Wildman–Crippen MR) is 121 cm³/mol. The number of nitrogens with zero attached hydrogens (tertiary/aromatic N) is 4. The van der Waals surface area contributed by atoms with Gasteiger partial charge < -0.3 is 0 Å². The van der Waals surface area contributed by atoms with Gasteiger partial charge >= 0.3 is 0 Å². The smallest absolute Gasteiger partial charge is 0.282 e. The summed E-state index contributed by atoms with van der Waals surface area (Å²) in [4.78, 5) is 27.7. The van der Waals surface area contributed by atoms with Gasteiger partial charge in [0.15, 0.2) is 5.71 Å². The highest BCUT2D eigenvalue weighted by Gasteiger charge is 2.33. The molecule has 0 aromatic heterocycles. The first-order valence-electron chi connectivity index (χ1n) is 9.58. The number of rotatable bonds is 6. The second-order valence-corrected chi connectivity index (χ2v) is 8.41. The van der Waals surface area contributed by atoms with Crippen LogP contribution in [0.15, 0.2) is 93.9 Å². The van der Waals surface area contributed by atoms with Gasteiger partial charge in [0.25, 0.3) is 21.7 Å². The summed E-state index contributed by atoms with van der Waals surface area (Å²) in [6, 6.07) is 19.8. The highest BCUT2D eigenvalue weighted by atomic mass is 32.2. The average Bonchev–Trinajstić information content (AvgIpc) is 3.14. The fraction of sp³-hybridized carbons (Fsp3) is 0.0455. The van der Waals surface area contributed by atoms with Crippen LogP contribution in [0.2, 0.25) is 0 Å². The van der Waals surface area contributed by atoms with Crippen molar-refractivity contribution in [1.29, 1.82) is 0 Å². The third kappa shape index (κ3) is 4.68. The van der Waals surface area contributed by atoms with Gasteiger partial charge in [0, 0.05) is 17.7 Å². The average molecular weight is 464 g/mol. The van der Waals surface area contributed by atoms with Crippen LogP contribution in [0.4, 0.5) is 11.4 Å². The van der Waals surface area contributed by atoms with Crippen molar-refractivity contribution < 1.29 is 22.7 Å². The Hall–Kier alpha value is -4.22. The van der Waals surface area contributed by atoms with Gasteiger partial charge in [0.2, 0.25) is 0 Å². The Morgan fingerprint density at radius 2 is 1.61 bits per heavy atom. The number of anilines is 1. The second-order valence-electron chi connectivity index (χ2n) is 6.99. The second kappa shape index (κ2) is 8.73. The number of aliphatic imine (C=N–C) groups is 1. The summed E-state index contributed by atoms with van der Waals surface area (Å²) in [6.45, 7) is 0.0431. The minimum absolute atomic E-state index is 0.0431. The molecule has 4 rings (SSSR count). The molecule has 0 saturated carbocycles. The first kappa shape index (κ1) is 22.0. The molecule has 0 radical (unpaired) electrons. The van der Waals surface area contributed by atoms with Crippen LogP contribution in [-0.2, 0) is 21.5 Å². The Morgan fingerprint density at radius 1 is 0.970 bits per heavy atom. The summed E-state index contributed by atoms with van der Waals surface area (Å²) in [5, 5.41) is 16.6. The zero-order chi connectivity index (χ0) is 23.6. The van der Waals surface area contributed by atoms with Crippen molar-refractivity contribution in [2.45, 2.75) is 11.4 Å². The molecule has 166 valence electrons. The SMILES string of the molecule is O=C1C(=NCc2ccc(S(=O)(=O)O)cc2)C(c2ccc([N+](=O)[O-])cc2)=NN1c1ccccc1. The molecular weight excluding hydrogens is 448 g/mol. The lowest BCUT2D eigenvalue weighted by molar-refractivity contribution is -0.384. The van der Waals surface area contributed by atoms with Gasteiger partial charge in [-0.3, -0.25) is 24.5 Å². The van der Waals surface area contributed by atoms with Crippen LogP contribution in [0.5, 0.6) is 0 Å². The summed E-state index contributed by atoms with van der Waals surface area (Å²) in [7, 11) is -4.32. The van der Waals surface area contributed by atoms with Gasteiger partial charge in [-0.2, -0.15) is 18.5 Å². The van der Waals surface area contributed by atoms with Gasteiger partial charge in [0.1, 0.15) is 5.71 Å². The monoisotopic (exact) mass is 464 g/mol. The van der Waals surface area contributed by atoms with Crippen molar-refractivity contribution in [3.8, 4) is 0 Å². The molecule has 0 unspecified atom stereocenters. The van der Waals surface area contributed by atoms with Crippen molar-refractivity contribution in [3.05, 3.63) is 100 Å². The first-order valence-corrected chi connectivity index (χ1v) is 11.0. The molecule has 3 aromatic carbocycles. The van der Waals surface area contributed by atoms with Crippen LogP contribution in [0.25, 0.3) is 0 Å². The van der Waals surface area contributed by atoms with Crippen LogP contribution in [-0.4, -0.2) is 35.2 Å². The highest BCUT2D eigenvalue weighted by molar-refractivity contribution is 7.85. The van der Waals surface area contributed by atoms with Crippen molar-refractivity contribution in [1.82, 2.24) is 0 Å². The number of carbonyl (C=O) groups is 1. The van der Waals surface area contributed by atoms with Crippen LogP contribution in [0.1, 0.15) is 11.1 Å². The minimum Gasteiger partial charge on any atom is -0.282 e. The molecule has 0 saturated heterocycles. The molecule has 10 nitrogen and oxygen atoms in total. The zero-order valence-electron chi connectivity index (χ0n) is 16.9. The Morgan fingerprint density at radius 3 is 2.18 bits per heavy atom. The van der Waals surface area contributed by atoms with Crippen LogP contribution >= 0.6 is 0 Å². The molecule has 3 aromatic rings. The molecule has 1 aliphatic rings. The molecule has 11 heteroatoms. The molecule has 1 aliphatic heterocycles. The van der Waals surface area contributed by atoms with E-state index in [4.69, 9.17) is 4.55 Å². The normalized spacial score (nSPS) is 15.1. The Balaban J connectivity index is 1.70. The van der Waals surface area contributed by atoms with E-state index in [1.165, 1.54) is 53.5 Å². The summed E-state index contributed by atoms with van der Waals surface area (Å²) >= 11 is 0. The lowest BCUT2D eigenvalue weighted by atomic mass is 10.1. The number of amides is 1. The molecule has 0 aliphatic carbocycles. The van der Waals surface area contributed by atoms with Crippen LogP contribution in [0, 0.1) is 10.1 Å². The van der Waals surface area contributed by atoms with E-state index in [0.717, 1.165) is 0 Å². The largest absolute Gasteiger partial charge is 0.299 e. The van der Waals surface area contributed by atoms with Crippen molar-refractivity contribution >= 4 is 38.8 Å². The number of non-ortho nitro benzene ring substituents is 1. The lowest BCUT2D eigenvalue weighted by Gasteiger charge is -2.10. The summed E-state index contributed by atoms with van der Waals surface area (Å²) in [6.07, 6.45) is 0. The predicted octanol–water partition coefficient (Wildman–Crippen LogP) is 3.23. The van der Waals surface area contributed by atoms with Gasteiger partial charge in [-0.1, -0.05) is 30.3 Å². The fourth-order valence-electron chi connectivity index (χ4n) is 3.15. The molecule has 0 fully saturated rings. The molecule has 0 spiro atoms. The summed E-state index contributed by atoms with van der Waals surface area (Å²) in [5.41, 5.74) is 1.84. The van der Waals surface area contributed by atoms with Crippen molar-refractivity contribution in [2.24, 2.45) is 10.1 Å². The van der Waals surface area contributed by atoms with E-state index in [-0.39, 0.29) is 28.6 Å². The molecule has 0 bridgehead atoms. The van der Waals surface area contributed by atoms with Crippen molar-refractivity contribution in [2.75, 3.05) is 5.01 Å².